The monoisotopic (exact) mass is 349 g/mol. The van der Waals surface area contributed by atoms with Gasteiger partial charge in [0.25, 0.3) is 0 Å². The molecule has 1 aliphatic rings. The van der Waals surface area contributed by atoms with Gasteiger partial charge in [0.05, 0.1) is 10.6 Å². The van der Waals surface area contributed by atoms with Crippen molar-refractivity contribution in [2.45, 2.75) is 46.6 Å². The normalized spacial score (nSPS) is 19.1. The van der Waals surface area contributed by atoms with Crippen LogP contribution in [0.2, 0.25) is 5.02 Å². The summed E-state index contributed by atoms with van der Waals surface area (Å²) >= 11 is 6.26. The van der Waals surface area contributed by atoms with Crippen molar-refractivity contribution >= 4 is 22.6 Å². The molecule has 0 spiro atoms. The van der Waals surface area contributed by atoms with Crippen LogP contribution in [0, 0.1) is 12.8 Å². The standard InChI is InChI=1S/C19H24ClNO3/c1-4-13-12(3)14-8-16(20)17(22)15(18(14)24-19(13)23)10-21-7-5-6-11(2)9-21/h8,11,22H,4-7,9-10H2,1-3H3. The molecule has 2 aromatic rings. The van der Waals surface area contributed by atoms with Crippen molar-refractivity contribution in [2.24, 2.45) is 5.92 Å². The van der Waals surface area contributed by atoms with Crippen molar-refractivity contribution in [1.29, 1.82) is 0 Å². The van der Waals surface area contributed by atoms with Gasteiger partial charge in [0.15, 0.2) is 0 Å². The number of piperidine rings is 1. The molecular formula is C19H24ClNO3. The minimum absolute atomic E-state index is 0.0224. The summed E-state index contributed by atoms with van der Waals surface area (Å²) in [6, 6.07) is 1.70. The number of phenols is 1. The highest BCUT2D eigenvalue weighted by Crippen LogP contribution is 2.37. The summed E-state index contributed by atoms with van der Waals surface area (Å²) in [7, 11) is 0. The largest absolute Gasteiger partial charge is 0.506 e. The number of aryl methyl sites for hydroxylation is 1. The summed E-state index contributed by atoms with van der Waals surface area (Å²) in [4.78, 5) is 14.6. The lowest BCUT2D eigenvalue weighted by Gasteiger charge is -2.31. The van der Waals surface area contributed by atoms with E-state index in [2.05, 4.69) is 11.8 Å². The van der Waals surface area contributed by atoms with Gasteiger partial charge in [-0.15, -0.1) is 0 Å². The van der Waals surface area contributed by atoms with Crippen LogP contribution in [0.1, 0.15) is 43.4 Å². The van der Waals surface area contributed by atoms with Crippen LogP contribution >= 0.6 is 11.6 Å². The molecule has 1 aromatic heterocycles. The Hall–Kier alpha value is -1.52. The third-order valence-electron chi connectivity index (χ3n) is 5.08. The molecule has 1 saturated heterocycles. The second-order valence-electron chi connectivity index (χ2n) is 6.89. The zero-order valence-corrected chi connectivity index (χ0v) is 15.2. The summed E-state index contributed by atoms with van der Waals surface area (Å²) in [5.74, 6) is 0.654. The minimum Gasteiger partial charge on any atom is -0.506 e. The first kappa shape index (κ1) is 17.3. The molecule has 1 aliphatic heterocycles. The molecule has 1 aromatic carbocycles. The fourth-order valence-corrected chi connectivity index (χ4v) is 3.97. The van der Waals surface area contributed by atoms with Gasteiger partial charge in [-0.1, -0.05) is 25.4 Å². The van der Waals surface area contributed by atoms with Crippen molar-refractivity contribution in [2.75, 3.05) is 13.1 Å². The lowest BCUT2D eigenvalue weighted by molar-refractivity contribution is 0.175. The van der Waals surface area contributed by atoms with Gasteiger partial charge in [-0.3, -0.25) is 4.90 Å². The maximum atomic E-state index is 12.3. The van der Waals surface area contributed by atoms with E-state index in [1.54, 1.807) is 6.07 Å². The van der Waals surface area contributed by atoms with E-state index in [1.807, 2.05) is 13.8 Å². The van der Waals surface area contributed by atoms with Crippen molar-refractivity contribution in [3.05, 3.63) is 38.2 Å². The van der Waals surface area contributed by atoms with E-state index in [4.69, 9.17) is 16.0 Å². The average molecular weight is 350 g/mol. The number of phenolic OH excluding ortho intramolecular Hbond substituents is 1. The first-order valence-electron chi connectivity index (χ1n) is 8.61. The summed E-state index contributed by atoms with van der Waals surface area (Å²) in [6.45, 7) is 8.58. The molecule has 1 unspecified atom stereocenters. The van der Waals surface area contributed by atoms with Crippen molar-refractivity contribution in [3.63, 3.8) is 0 Å². The van der Waals surface area contributed by atoms with Gasteiger partial charge in [-0.25, -0.2) is 4.79 Å². The highest BCUT2D eigenvalue weighted by atomic mass is 35.5. The van der Waals surface area contributed by atoms with Gasteiger partial charge in [-0.05, 0) is 50.3 Å². The predicted octanol–water partition coefficient (Wildman–Crippen LogP) is 4.25. The van der Waals surface area contributed by atoms with Crippen molar-refractivity contribution in [1.82, 2.24) is 4.90 Å². The van der Waals surface area contributed by atoms with E-state index in [9.17, 15) is 9.90 Å². The second-order valence-corrected chi connectivity index (χ2v) is 7.30. The molecule has 1 fully saturated rings. The van der Waals surface area contributed by atoms with Crippen LogP contribution in [-0.4, -0.2) is 23.1 Å². The van der Waals surface area contributed by atoms with Gasteiger partial charge < -0.3 is 9.52 Å². The molecule has 0 radical (unpaired) electrons. The number of hydrogen-bond donors (Lipinski definition) is 1. The first-order chi connectivity index (χ1) is 11.4. The highest BCUT2D eigenvalue weighted by Gasteiger charge is 2.23. The smallest absolute Gasteiger partial charge is 0.339 e. The van der Waals surface area contributed by atoms with Crippen molar-refractivity contribution < 1.29 is 9.52 Å². The zero-order valence-electron chi connectivity index (χ0n) is 14.5. The molecule has 0 bridgehead atoms. The lowest BCUT2D eigenvalue weighted by atomic mass is 9.98. The summed E-state index contributed by atoms with van der Waals surface area (Å²) < 4.78 is 5.60. The molecule has 0 amide bonds. The predicted molar refractivity (Wildman–Crippen MR) is 96.9 cm³/mol. The maximum absolute atomic E-state index is 12.3. The SMILES string of the molecule is CCc1c(C)c2cc(Cl)c(O)c(CN3CCCC(C)C3)c2oc1=O. The molecule has 2 heterocycles. The number of rotatable bonds is 3. The number of benzene rings is 1. The molecule has 0 saturated carbocycles. The molecule has 4 nitrogen and oxygen atoms in total. The second kappa shape index (κ2) is 6.77. The van der Waals surface area contributed by atoms with Crippen LogP contribution < -0.4 is 5.63 Å². The Morgan fingerprint density at radius 1 is 1.42 bits per heavy atom. The molecule has 5 heteroatoms. The van der Waals surface area contributed by atoms with Crippen LogP contribution in [0.15, 0.2) is 15.3 Å². The number of aromatic hydroxyl groups is 1. The van der Waals surface area contributed by atoms with Crippen LogP contribution in [-0.2, 0) is 13.0 Å². The average Bonchev–Trinajstić information content (AvgIpc) is 2.54. The fourth-order valence-electron chi connectivity index (χ4n) is 3.75. The van der Waals surface area contributed by atoms with E-state index in [-0.39, 0.29) is 11.4 Å². The van der Waals surface area contributed by atoms with Gasteiger partial charge in [0, 0.05) is 24.0 Å². The van der Waals surface area contributed by atoms with E-state index in [1.165, 1.54) is 6.42 Å². The van der Waals surface area contributed by atoms with Crippen LogP contribution in [0.5, 0.6) is 5.75 Å². The Labute approximate surface area is 147 Å². The van der Waals surface area contributed by atoms with E-state index in [0.29, 0.717) is 40.6 Å². The number of fused-ring (bicyclic) bond motifs is 1. The molecule has 0 aliphatic carbocycles. The fraction of sp³-hybridized carbons (Fsp3) is 0.526. The Bertz CT molecular complexity index is 828. The number of nitrogens with zero attached hydrogens (tertiary/aromatic N) is 1. The van der Waals surface area contributed by atoms with Gasteiger partial charge in [-0.2, -0.15) is 0 Å². The third-order valence-corrected chi connectivity index (χ3v) is 5.36. The molecule has 3 rings (SSSR count). The lowest BCUT2D eigenvalue weighted by Crippen LogP contribution is -2.33. The molecule has 1 N–H and O–H groups in total. The van der Waals surface area contributed by atoms with E-state index >= 15 is 0 Å². The van der Waals surface area contributed by atoms with E-state index in [0.717, 1.165) is 30.5 Å². The molecule has 130 valence electrons. The topological polar surface area (TPSA) is 53.7 Å². The van der Waals surface area contributed by atoms with Gasteiger partial charge in [0.1, 0.15) is 11.3 Å². The Morgan fingerprint density at radius 2 is 2.17 bits per heavy atom. The van der Waals surface area contributed by atoms with Crippen molar-refractivity contribution in [3.8, 4) is 5.75 Å². The summed E-state index contributed by atoms with van der Waals surface area (Å²) in [6.07, 6.45) is 2.98. The molecule has 1 atom stereocenters. The van der Waals surface area contributed by atoms with Crippen LogP contribution in [0.4, 0.5) is 0 Å². The van der Waals surface area contributed by atoms with Crippen LogP contribution in [0.3, 0.4) is 0 Å². The Balaban J connectivity index is 2.15. The zero-order chi connectivity index (χ0) is 17.4. The van der Waals surface area contributed by atoms with Crippen LogP contribution in [0.25, 0.3) is 11.0 Å². The minimum atomic E-state index is -0.322. The summed E-state index contributed by atoms with van der Waals surface area (Å²) in [5, 5.41) is 11.6. The number of hydrogen-bond acceptors (Lipinski definition) is 4. The number of likely N-dealkylation sites (tertiary alicyclic amines) is 1. The maximum Gasteiger partial charge on any atom is 0.339 e. The van der Waals surface area contributed by atoms with Gasteiger partial charge in [0.2, 0.25) is 0 Å². The number of halogens is 1. The third kappa shape index (κ3) is 3.05. The Morgan fingerprint density at radius 3 is 2.83 bits per heavy atom. The highest BCUT2D eigenvalue weighted by molar-refractivity contribution is 6.33. The van der Waals surface area contributed by atoms with Gasteiger partial charge >= 0.3 is 5.63 Å². The summed E-state index contributed by atoms with van der Waals surface area (Å²) in [5.41, 5.74) is 2.32. The van der Waals surface area contributed by atoms with E-state index < -0.39 is 0 Å². The Kier molecular flexibility index (Phi) is 4.88. The first-order valence-corrected chi connectivity index (χ1v) is 8.99. The quantitative estimate of drug-likeness (QED) is 0.841. The molecular weight excluding hydrogens is 326 g/mol. The molecule has 24 heavy (non-hydrogen) atoms.